The van der Waals surface area contributed by atoms with Gasteiger partial charge in [-0.25, -0.2) is 57.9 Å². The Morgan fingerprint density at radius 3 is 1.06 bits per heavy atom. The predicted molar refractivity (Wildman–Crippen MR) is 393 cm³/mol. The summed E-state index contributed by atoms with van der Waals surface area (Å²) in [6.07, 6.45) is 1.12. The molecule has 0 aliphatic carbocycles. The lowest BCUT2D eigenvalue weighted by Gasteiger charge is -2.33. The smallest absolute Gasteiger partial charge is 0.306 e. The Morgan fingerprint density at radius 2 is 0.781 bits per heavy atom. The van der Waals surface area contributed by atoms with Gasteiger partial charge in [-0.15, -0.1) is 0 Å². The number of hydrogen-bond acceptors (Lipinski definition) is 30. The summed E-state index contributed by atoms with van der Waals surface area (Å²) in [6, 6.07) is 0. The molecule has 1 heterocycles. The number of esters is 7. The molecular weight excluding hydrogens is 1670 g/mol. The molecule has 1 saturated heterocycles. The normalized spacial score (nSPS) is 14.7. The average Bonchev–Trinajstić information content (AvgIpc) is 0.846. The fourth-order valence-electron chi connectivity index (χ4n) is 7.15. The van der Waals surface area contributed by atoms with Crippen LogP contribution < -0.4 is 15.4 Å². The number of nitrogens with zero attached hydrogens (tertiary/aromatic N) is 1. The third kappa shape index (κ3) is 95.2. The summed E-state index contributed by atoms with van der Waals surface area (Å²) < 4.78 is 172. The van der Waals surface area contributed by atoms with Crippen LogP contribution in [0.3, 0.4) is 0 Å². The lowest BCUT2D eigenvalue weighted by molar-refractivity contribution is -0.149. The monoisotopic (exact) mass is 1780 g/mol. The number of ether oxygens (including phenoxy) is 7. The van der Waals surface area contributed by atoms with Crippen molar-refractivity contribution in [2.24, 2.45) is 68.7 Å². The van der Waals surface area contributed by atoms with E-state index in [2.05, 4.69) is 55.7 Å². The number of nitrogens with two attached hydrogens (primary N) is 3. The van der Waals surface area contributed by atoms with Crippen molar-refractivity contribution in [2.75, 3.05) is 108 Å². The molecular formula is C59H112ClF2IN4O32S6. The van der Waals surface area contributed by atoms with Gasteiger partial charge >= 0.3 is 53.7 Å². The Hall–Kier alpha value is -4.85. The number of carbonyl (C=O) groups is 11. The second-order valence-electron chi connectivity index (χ2n) is 24.2. The van der Waals surface area contributed by atoms with Crippen LogP contribution in [-0.2, 0) is 135 Å². The van der Waals surface area contributed by atoms with E-state index in [1.54, 1.807) is 34.6 Å². The van der Waals surface area contributed by atoms with E-state index in [1.807, 2.05) is 13.8 Å². The van der Waals surface area contributed by atoms with Gasteiger partial charge < -0.3 is 53.4 Å². The van der Waals surface area contributed by atoms with Crippen LogP contribution in [0.5, 0.6) is 0 Å². The number of carboxylic acid groups (broad SMARTS) is 2. The molecule has 9 atom stereocenters. The Morgan fingerprint density at radius 1 is 0.486 bits per heavy atom. The lowest BCUT2D eigenvalue weighted by atomic mass is 10.0. The van der Waals surface area contributed by atoms with Crippen molar-refractivity contribution in [1.82, 2.24) is 4.90 Å². The van der Waals surface area contributed by atoms with Crippen molar-refractivity contribution in [3.63, 3.8) is 0 Å². The first kappa shape index (κ1) is 116. The van der Waals surface area contributed by atoms with Crippen LogP contribution in [-0.4, -0.2) is 246 Å². The molecule has 0 aromatic heterocycles. The summed E-state index contributed by atoms with van der Waals surface area (Å²) in [6.45, 7) is 16.4. The number of halogens is 4. The van der Waals surface area contributed by atoms with Gasteiger partial charge in [-0.05, 0) is 53.8 Å². The summed E-state index contributed by atoms with van der Waals surface area (Å²) >= 11 is 3.50. The maximum Gasteiger partial charge on any atom is 0.306 e. The molecule has 624 valence electrons. The minimum absolute atomic E-state index is 0.00368. The van der Waals surface area contributed by atoms with Crippen molar-refractivity contribution < 1.29 is 157 Å². The number of hydrogen-bond donors (Lipinski definition) is 7. The molecule has 0 aromatic rings. The molecule has 1 aliphatic heterocycles. The Labute approximate surface area is 639 Å². The van der Waals surface area contributed by atoms with Crippen LogP contribution >= 0.6 is 45.0 Å². The molecule has 1 rings (SSSR count). The molecule has 0 radical (unpaired) electrons. The molecule has 0 bridgehead atoms. The number of rotatable bonds is 33. The maximum atomic E-state index is 13.1. The van der Waals surface area contributed by atoms with Crippen molar-refractivity contribution in [3.05, 3.63) is 0 Å². The number of aliphatic hydroxyl groups is 1. The molecule has 10 N–H and O–H groups in total. The quantitative estimate of drug-likeness (QED) is 0.0123. The van der Waals surface area contributed by atoms with E-state index < -0.39 is 133 Å². The van der Waals surface area contributed by atoms with Gasteiger partial charge in [0.1, 0.15) is 0 Å². The van der Waals surface area contributed by atoms with E-state index in [0.717, 1.165) is 9.33 Å². The van der Waals surface area contributed by atoms with Crippen LogP contribution in [0.15, 0.2) is 0 Å². The van der Waals surface area contributed by atoms with Crippen molar-refractivity contribution in [1.29, 1.82) is 0 Å². The number of piperidine rings is 1. The van der Waals surface area contributed by atoms with Gasteiger partial charge in [0.15, 0.2) is 5.12 Å². The zero-order chi connectivity index (χ0) is 84.6. The molecule has 0 saturated carbocycles. The maximum absolute atomic E-state index is 13.1. The highest BCUT2D eigenvalue weighted by Crippen LogP contribution is 2.27. The van der Waals surface area contributed by atoms with E-state index in [9.17, 15) is 104 Å². The number of thioether (sulfide) groups is 1. The summed E-state index contributed by atoms with van der Waals surface area (Å²) in [4.78, 5) is 118. The molecule has 0 spiro atoms. The molecule has 36 nitrogen and oxygen atoms in total. The van der Waals surface area contributed by atoms with E-state index in [0.29, 0.717) is 37.5 Å². The van der Waals surface area contributed by atoms with E-state index >= 15 is 0 Å². The highest BCUT2D eigenvalue weighted by Gasteiger charge is 2.37. The molecule has 46 heteroatoms. The number of sulfonamides is 3. The van der Waals surface area contributed by atoms with Crippen molar-refractivity contribution in [2.45, 2.75) is 146 Å². The summed E-state index contributed by atoms with van der Waals surface area (Å²) in [5.41, 5.74) is 0. The highest BCUT2D eigenvalue weighted by atomic mass is 127. The highest BCUT2D eigenvalue weighted by molar-refractivity contribution is 14.1. The minimum atomic E-state index is -3.98. The van der Waals surface area contributed by atoms with Gasteiger partial charge in [0.05, 0.1) is 104 Å². The zero-order valence-electron chi connectivity index (χ0n) is 62.4. The van der Waals surface area contributed by atoms with Gasteiger partial charge in [0, 0.05) is 92.3 Å². The Balaban J connectivity index is -0.000000169. The first-order valence-corrected chi connectivity index (χ1v) is 43.0. The number of aliphatic hydroxyl groups excluding tert-OH is 1. The topological polar surface area (TPSA) is 585 Å². The Kier molecular flexibility index (Phi) is 69.5. The van der Waals surface area contributed by atoms with E-state index in [-0.39, 0.29) is 128 Å². The summed E-state index contributed by atoms with van der Waals surface area (Å²) in [5.74, 6) is -10.3. The van der Waals surface area contributed by atoms with Crippen LogP contribution in [0, 0.1) is 53.3 Å². The number of amides is 1. The largest absolute Gasteiger partial charge is 0.481 e. The standard InChI is InChI=1S/C10H18F2N2O3S.C8H14O3S.C6H11ClO4S.C6H11IO2.C6H13NO4S.C6H12O5S.C6H10O4.C6H12O3.C5H11NO4S/c1-8(6-18(13,16)17)5-9(15)14-4-2-3-10(11,12)7-14;1-6(4-8(10)11-3)5-12-7(2)9;1-5(3-6(8)11-2)4-12(7,9)10;1-5(4-7)3-6(8)9-2;1-5(3-6(8)11-2)4-12(7,9)10;1-5(3-6(7)11-2)4-12(8,9)10;1-4(6(8)9)3-5(7)10-2;1-5(4-7)3-6(8)9-2;1-4(2-5(7)8)3-11(6,9)10/h8H,2-7H2,1H3,(H2,13,16,17);6H,4-5H2,1-3H3;5H,3-4H2,1-2H3;5H,3-4H2,1-2H3;5H,3-4H2,1-2H3,(H2,7,9,10);5H,3-4H2,1-2H3,(H,8,9,10);4H,3H2,1-2H3,(H,8,9);5,7H,3-4H2,1-2H3;4H,2-3H2,1H3,(H,7,8)(H2,6,9,10)/t8-;6-;4*5-;4-;5-;4-/m000000000/s1. The third-order valence-corrected chi connectivity index (χ3v) is 20.1. The number of carboxylic acids is 2. The van der Waals surface area contributed by atoms with Gasteiger partial charge in [0.25, 0.3) is 16.0 Å². The number of methoxy groups -OCH3 is 7. The molecule has 1 amide bonds. The first-order chi connectivity index (χ1) is 47.5. The number of likely N-dealkylation sites (tertiary alicyclic amines) is 1. The van der Waals surface area contributed by atoms with Crippen LogP contribution in [0.25, 0.3) is 0 Å². The first-order valence-electron chi connectivity index (χ1n) is 31.3. The van der Waals surface area contributed by atoms with Gasteiger partial charge in [-0.3, -0.25) is 57.3 Å². The second-order valence-corrected chi connectivity index (χ2v) is 35.6. The molecule has 0 aromatic carbocycles. The van der Waals surface area contributed by atoms with Crippen molar-refractivity contribution in [3.8, 4) is 0 Å². The summed E-state index contributed by atoms with van der Waals surface area (Å²) in [5, 5.41) is 39.5. The van der Waals surface area contributed by atoms with Crippen molar-refractivity contribution >= 4 is 159 Å². The Bertz CT molecular complexity index is 3010. The van der Waals surface area contributed by atoms with Crippen LogP contribution in [0.1, 0.15) is 140 Å². The SMILES string of the molecule is COC(=O)C[C@H](C)C(=O)O.COC(=O)C[C@H](C)CI.COC(=O)C[C@H](C)CO.COC(=O)C[C@H](C)CS(=O)(=O)Cl.COC(=O)C[C@H](C)CS(=O)(=O)O.COC(=O)C[C@H](C)CS(N)(=O)=O.COC(=O)C[C@H](C)CSC(C)=O.C[C@@H](CC(=O)N1CCCC(F)(F)C1)CS(N)(=O)=O.C[C@@H](CC(=O)O)CS(N)(=O)=O. The molecule has 1 fully saturated rings. The number of carbonyl (C=O) groups excluding carboxylic acids is 9. The van der Waals surface area contributed by atoms with E-state index in [1.165, 1.54) is 82.3 Å². The summed E-state index contributed by atoms with van der Waals surface area (Å²) in [7, 11) is -4.09. The fourth-order valence-corrected chi connectivity index (χ4v) is 13.1. The molecule has 105 heavy (non-hydrogen) atoms. The zero-order valence-corrected chi connectivity index (χ0v) is 70.2. The lowest BCUT2D eigenvalue weighted by Crippen LogP contribution is -2.46. The molecule has 0 unspecified atom stereocenters. The second kappa shape index (κ2) is 63.0. The third-order valence-electron chi connectivity index (χ3n) is 12.0. The van der Waals surface area contributed by atoms with Gasteiger partial charge in [-0.2, -0.15) is 8.42 Å². The number of aliphatic carboxylic acids is 2. The van der Waals surface area contributed by atoms with E-state index in [4.69, 9.17) is 46.0 Å². The van der Waals surface area contributed by atoms with Gasteiger partial charge in [0.2, 0.25) is 45.0 Å². The number of primary sulfonamides is 3. The minimum Gasteiger partial charge on any atom is -0.481 e. The average molecular weight is 1780 g/mol. The van der Waals surface area contributed by atoms with Gasteiger partial charge in [-0.1, -0.05) is 96.7 Å². The fraction of sp³-hybridized carbons (Fsp3) is 0.814. The molecule has 1 aliphatic rings. The number of alkyl halides is 3. The van der Waals surface area contributed by atoms with Crippen LogP contribution in [0.2, 0.25) is 0 Å². The van der Waals surface area contributed by atoms with Crippen LogP contribution in [0.4, 0.5) is 8.78 Å². The predicted octanol–water partition coefficient (Wildman–Crippen LogP) is 3.78.